The highest BCUT2D eigenvalue weighted by molar-refractivity contribution is 7.99. The van der Waals surface area contributed by atoms with Gasteiger partial charge in [-0.1, -0.05) is 47.7 Å². The Balaban J connectivity index is 1.33. The zero-order chi connectivity index (χ0) is 22.1. The molecule has 1 amide bonds. The monoisotopic (exact) mass is 464 g/mol. The smallest absolute Gasteiger partial charge is 0.253 e. The SMILES string of the molecule is Cc1ccc(-c2nnc(SCC(=O)N3N=C(c4cccs4)CC3c3ccco3)n2N)cc1. The van der Waals surface area contributed by atoms with E-state index in [0.717, 1.165) is 21.7 Å². The first-order valence-electron chi connectivity index (χ1n) is 9.97. The normalized spacial score (nSPS) is 15.8. The minimum atomic E-state index is -0.269. The number of amides is 1. The molecule has 0 fully saturated rings. The van der Waals surface area contributed by atoms with Crippen molar-refractivity contribution in [1.29, 1.82) is 0 Å². The van der Waals surface area contributed by atoms with Crippen LogP contribution < -0.4 is 5.84 Å². The van der Waals surface area contributed by atoms with E-state index >= 15 is 0 Å². The standard InChI is InChI=1S/C22H20N6O2S2/c1-14-6-8-15(9-7-14)21-24-25-22(27(21)23)32-13-20(29)28-17(18-4-2-10-30-18)12-16(26-28)19-5-3-11-31-19/h2-11,17H,12-13,23H2,1H3. The lowest BCUT2D eigenvalue weighted by atomic mass is 10.1. The van der Waals surface area contributed by atoms with Crippen LogP contribution in [0.5, 0.6) is 0 Å². The van der Waals surface area contributed by atoms with Gasteiger partial charge in [0.2, 0.25) is 5.16 Å². The topological polar surface area (TPSA) is 103 Å². The number of thiophene rings is 1. The first-order chi connectivity index (χ1) is 15.6. The molecule has 0 saturated heterocycles. The van der Waals surface area contributed by atoms with E-state index in [4.69, 9.17) is 10.3 Å². The van der Waals surface area contributed by atoms with Gasteiger partial charge in [0, 0.05) is 12.0 Å². The Morgan fingerprint density at radius 3 is 2.78 bits per heavy atom. The molecule has 1 aliphatic heterocycles. The number of carbonyl (C=O) groups is 1. The van der Waals surface area contributed by atoms with E-state index in [2.05, 4.69) is 15.3 Å². The molecule has 0 radical (unpaired) electrons. The fourth-order valence-corrected chi connectivity index (χ4v) is 4.93. The Kier molecular flexibility index (Phi) is 5.54. The highest BCUT2D eigenvalue weighted by Crippen LogP contribution is 2.34. The second kappa shape index (κ2) is 8.64. The van der Waals surface area contributed by atoms with Crippen molar-refractivity contribution >= 4 is 34.7 Å². The van der Waals surface area contributed by atoms with Crippen molar-refractivity contribution in [2.24, 2.45) is 5.10 Å². The van der Waals surface area contributed by atoms with Crippen LogP contribution in [0, 0.1) is 6.92 Å². The minimum absolute atomic E-state index is 0.127. The molecule has 1 aliphatic rings. The van der Waals surface area contributed by atoms with Gasteiger partial charge in [0.15, 0.2) is 5.82 Å². The van der Waals surface area contributed by atoms with Gasteiger partial charge in [0.25, 0.3) is 5.91 Å². The second-order valence-electron chi connectivity index (χ2n) is 7.33. The number of rotatable bonds is 6. The van der Waals surface area contributed by atoms with E-state index in [1.807, 2.05) is 60.8 Å². The van der Waals surface area contributed by atoms with Crippen LogP contribution in [0.25, 0.3) is 11.4 Å². The van der Waals surface area contributed by atoms with Crippen LogP contribution in [-0.2, 0) is 4.79 Å². The zero-order valence-electron chi connectivity index (χ0n) is 17.2. The number of thioether (sulfide) groups is 1. The highest BCUT2D eigenvalue weighted by atomic mass is 32.2. The summed E-state index contributed by atoms with van der Waals surface area (Å²) in [5, 5.41) is 17.0. The number of aryl methyl sites for hydroxylation is 1. The quantitative estimate of drug-likeness (QED) is 0.341. The number of nitrogen functional groups attached to an aromatic ring is 1. The van der Waals surface area contributed by atoms with E-state index in [1.165, 1.54) is 21.4 Å². The third kappa shape index (κ3) is 3.94. The van der Waals surface area contributed by atoms with E-state index in [9.17, 15) is 4.79 Å². The molecular formula is C22H20N6O2S2. The predicted molar refractivity (Wildman–Crippen MR) is 125 cm³/mol. The van der Waals surface area contributed by atoms with Gasteiger partial charge in [0.05, 0.1) is 22.6 Å². The molecule has 1 unspecified atom stereocenters. The number of furan rings is 1. The molecule has 5 rings (SSSR count). The molecule has 3 aromatic heterocycles. The van der Waals surface area contributed by atoms with Crippen LogP contribution in [0.4, 0.5) is 0 Å². The molecule has 1 aromatic carbocycles. The maximum atomic E-state index is 13.1. The van der Waals surface area contributed by atoms with Gasteiger partial charge in [-0.05, 0) is 30.5 Å². The van der Waals surface area contributed by atoms with Gasteiger partial charge in [-0.15, -0.1) is 21.5 Å². The summed E-state index contributed by atoms with van der Waals surface area (Å²) in [4.78, 5) is 14.2. The number of aromatic nitrogens is 3. The van der Waals surface area contributed by atoms with Gasteiger partial charge in [-0.25, -0.2) is 9.69 Å². The number of hydrogen-bond acceptors (Lipinski definition) is 8. The number of nitrogens with two attached hydrogens (primary N) is 1. The summed E-state index contributed by atoms with van der Waals surface area (Å²) in [5.74, 6) is 7.44. The molecule has 1 atom stereocenters. The summed E-state index contributed by atoms with van der Waals surface area (Å²) < 4.78 is 7.00. The number of carbonyl (C=O) groups excluding carboxylic acids is 1. The Morgan fingerprint density at radius 2 is 2.06 bits per heavy atom. The average Bonchev–Trinajstić information content (AvgIpc) is 3.59. The average molecular weight is 465 g/mol. The molecule has 0 spiro atoms. The molecule has 2 N–H and O–H groups in total. The summed E-state index contributed by atoms with van der Waals surface area (Å²) in [6.45, 7) is 2.02. The summed E-state index contributed by atoms with van der Waals surface area (Å²) in [6.07, 6.45) is 2.22. The van der Waals surface area contributed by atoms with Gasteiger partial charge < -0.3 is 10.3 Å². The lowest BCUT2D eigenvalue weighted by Gasteiger charge is -2.19. The Bertz CT molecular complexity index is 1250. The van der Waals surface area contributed by atoms with Crippen LogP contribution in [0.2, 0.25) is 0 Å². The maximum Gasteiger partial charge on any atom is 0.253 e. The largest absolute Gasteiger partial charge is 0.467 e. The molecule has 0 aliphatic carbocycles. The third-order valence-corrected chi connectivity index (χ3v) is 6.99. The predicted octanol–water partition coefficient (Wildman–Crippen LogP) is 4.09. The summed E-state index contributed by atoms with van der Waals surface area (Å²) in [6, 6.07) is 15.3. The lowest BCUT2D eigenvalue weighted by Crippen LogP contribution is -2.28. The van der Waals surface area contributed by atoms with Crippen LogP contribution in [0.3, 0.4) is 0 Å². The third-order valence-electron chi connectivity index (χ3n) is 5.14. The highest BCUT2D eigenvalue weighted by Gasteiger charge is 2.35. The lowest BCUT2D eigenvalue weighted by molar-refractivity contribution is -0.130. The number of hydrazone groups is 1. The van der Waals surface area contributed by atoms with Crippen LogP contribution in [-0.4, -0.2) is 37.3 Å². The first-order valence-corrected chi connectivity index (χ1v) is 11.8. The van der Waals surface area contributed by atoms with Crippen molar-refractivity contribution in [3.63, 3.8) is 0 Å². The first kappa shape index (κ1) is 20.5. The number of benzene rings is 1. The number of hydrogen-bond donors (Lipinski definition) is 1. The summed E-state index contributed by atoms with van der Waals surface area (Å²) in [5.41, 5.74) is 2.89. The van der Waals surface area contributed by atoms with E-state index in [-0.39, 0.29) is 17.7 Å². The molecule has 0 bridgehead atoms. The van der Waals surface area contributed by atoms with Crippen LogP contribution in [0.1, 0.15) is 28.7 Å². The van der Waals surface area contributed by atoms with Crippen molar-refractivity contribution in [2.45, 2.75) is 24.5 Å². The molecule has 0 saturated carbocycles. The van der Waals surface area contributed by atoms with Gasteiger partial charge in [-0.3, -0.25) is 4.79 Å². The molecule has 32 heavy (non-hydrogen) atoms. The Labute approximate surface area is 192 Å². The zero-order valence-corrected chi connectivity index (χ0v) is 18.8. The van der Waals surface area contributed by atoms with E-state index in [0.29, 0.717) is 23.2 Å². The van der Waals surface area contributed by atoms with Gasteiger partial charge in [0.1, 0.15) is 11.8 Å². The molecule has 4 heterocycles. The van der Waals surface area contributed by atoms with E-state index in [1.54, 1.807) is 17.6 Å². The minimum Gasteiger partial charge on any atom is -0.467 e. The summed E-state index contributed by atoms with van der Waals surface area (Å²) >= 11 is 2.84. The van der Waals surface area contributed by atoms with Crippen molar-refractivity contribution in [1.82, 2.24) is 19.9 Å². The molecule has 162 valence electrons. The van der Waals surface area contributed by atoms with Crippen molar-refractivity contribution in [3.8, 4) is 11.4 Å². The fourth-order valence-electron chi connectivity index (χ4n) is 3.50. The maximum absolute atomic E-state index is 13.1. The Morgan fingerprint density at radius 1 is 1.22 bits per heavy atom. The van der Waals surface area contributed by atoms with Gasteiger partial charge in [-0.2, -0.15) is 5.10 Å². The molecule has 4 aromatic rings. The van der Waals surface area contributed by atoms with Crippen LogP contribution in [0.15, 0.2) is 74.8 Å². The fraction of sp³-hybridized carbons (Fsp3) is 0.182. The molecule has 8 nitrogen and oxygen atoms in total. The van der Waals surface area contributed by atoms with E-state index < -0.39 is 0 Å². The summed E-state index contributed by atoms with van der Waals surface area (Å²) in [7, 11) is 0. The van der Waals surface area contributed by atoms with Crippen molar-refractivity contribution < 1.29 is 9.21 Å². The molecule has 10 heteroatoms. The van der Waals surface area contributed by atoms with Crippen LogP contribution >= 0.6 is 23.1 Å². The Hall–Kier alpha value is -3.37. The molecular weight excluding hydrogens is 444 g/mol. The van der Waals surface area contributed by atoms with Crippen molar-refractivity contribution in [3.05, 3.63) is 76.4 Å². The number of nitrogens with zero attached hydrogens (tertiary/aromatic N) is 5. The second-order valence-corrected chi connectivity index (χ2v) is 9.22. The van der Waals surface area contributed by atoms with Crippen molar-refractivity contribution in [2.75, 3.05) is 11.6 Å². The van der Waals surface area contributed by atoms with Gasteiger partial charge >= 0.3 is 0 Å².